The van der Waals surface area contributed by atoms with Gasteiger partial charge in [-0.2, -0.15) is 0 Å². The molecular formula is C29H33F2N3O. The first-order valence-corrected chi connectivity index (χ1v) is 11.8. The van der Waals surface area contributed by atoms with Crippen LogP contribution >= 0.6 is 0 Å². The van der Waals surface area contributed by atoms with Crippen molar-refractivity contribution in [3.8, 4) is 5.75 Å². The number of anilines is 2. The molecule has 0 saturated carbocycles. The summed E-state index contributed by atoms with van der Waals surface area (Å²) in [5.74, 6) is -2.20. The van der Waals surface area contributed by atoms with Gasteiger partial charge < -0.3 is 15.0 Å². The van der Waals surface area contributed by atoms with Gasteiger partial charge in [-0.05, 0) is 73.9 Å². The summed E-state index contributed by atoms with van der Waals surface area (Å²) in [4.78, 5) is 4.67. The van der Waals surface area contributed by atoms with Gasteiger partial charge in [0.15, 0.2) is 0 Å². The van der Waals surface area contributed by atoms with E-state index in [4.69, 9.17) is 0 Å². The number of phenols is 1. The largest absolute Gasteiger partial charge is 0.508 e. The predicted molar refractivity (Wildman–Crippen MR) is 142 cm³/mol. The molecule has 3 aromatic carbocycles. The van der Waals surface area contributed by atoms with Crippen molar-refractivity contribution in [1.29, 1.82) is 0 Å². The lowest BCUT2D eigenvalue weighted by atomic mass is 9.99. The zero-order valence-electron chi connectivity index (χ0n) is 21.2. The molecule has 0 saturated heterocycles. The highest BCUT2D eigenvalue weighted by Crippen LogP contribution is 2.33. The smallest absolute Gasteiger partial charge is 0.270 e. The van der Waals surface area contributed by atoms with Crippen molar-refractivity contribution in [3.63, 3.8) is 0 Å². The van der Waals surface area contributed by atoms with Crippen LogP contribution in [0.1, 0.15) is 49.9 Å². The fourth-order valence-electron chi connectivity index (χ4n) is 3.88. The second kappa shape index (κ2) is 10.7. The molecule has 0 amide bonds. The van der Waals surface area contributed by atoms with Gasteiger partial charge in [0.25, 0.3) is 5.92 Å². The van der Waals surface area contributed by atoms with Crippen LogP contribution in [0.4, 0.5) is 20.4 Å². The van der Waals surface area contributed by atoms with Gasteiger partial charge >= 0.3 is 0 Å². The van der Waals surface area contributed by atoms with E-state index >= 15 is 0 Å². The third-order valence-corrected chi connectivity index (χ3v) is 5.81. The van der Waals surface area contributed by atoms with Crippen LogP contribution in [0.15, 0.2) is 66.7 Å². The van der Waals surface area contributed by atoms with E-state index in [0.717, 1.165) is 40.4 Å². The molecule has 0 unspecified atom stereocenters. The van der Waals surface area contributed by atoms with Crippen LogP contribution in [-0.4, -0.2) is 14.7 Å². The molecule has 1 heterocycles. The number of aromatic hydroxyl groups is 1. The number of allylic oxidation sites excluding steroid dienone is 2. The number of hydrogen-bond donors (Lipinski definition) is 2. The summed E-state index contributed by atoms with van der Waals surface area (Å²) in [5.41, 5.74) is 6.11. The lowest BCUT2D eigenvalue weighted by Crippen LogP contribution is -2.07. The zero-order chi connectivity index (χ0) is 25.8. The summed E-state index contributed by atoms with van der Waals surface area (Å²) in [6.45, 7) is 11.3. The number of hydrogen-bond acceptors (Lipinski definition) is 3. The number of nitrogens with one attached hydrogen (secondary N) is 1. The molecule has 0 fully saturated rings. The summed E-state index contributed by atoms with van der Waals surface area (Å²) in [5, 5.41) is 13.4. The molecular weight excluding hydrogens is 444 g/mol. The third kappa shape index (κ3) is 5.88. The number of aromatic nitrogens is 2. The van der Waals surface area contributed by atoms with Gasteiger partial charge in [0, 0.05) is 18.2 Å². The molecule has 6 heteroatoms. The molecule has 184 valence electrons. The average molecular weight is 478 g/mol. The lowest BCUT2D eigenvalue weighted by Gasteiger charge is -2.16. The Labute approximate surface area is 206 Å². The second-order valence-electron chi connectivity index (χ2n) is 8.42. The summed E-state index contributed by atoms with van der Waals surface area (Å²) >= 11 is 0. The molecule has 0 aliphatic carbocycles. The number of fused-ring (bicyclic) bond motifs is 1. The van der Waals surface area contributed by atoms with Crippen molar-refractivity contribution in [2.24, 2.45) is 0 Å². The topological polar surface area (TPSA) is 50.1 Å². The molecule has 4 nitrogen and oxygen atoms in total. The van der Waals surface area contributed by atoms with Gasteiger partial charge in [0.1, 0.15) is 5.75 Å². The number of benzene rings is 3. The van der Waals surface area contributed by atoms with Crippen LogP contribution in [0.25, 0.3) is 16.6 Å². The normalized spacial score (nSPS) is 11.8. The van der Waals surface area contributed by atoms with Gasteiger partial charge in [0.05, 0.1) is 17.6 Å². The highest BCUT2D eigenvalue weighted by molar-refractivity contribution is 5.82. The molecule has 35 heavy (non-hydrogen) atoms. The van der Waals surface area contributed by atoms with E-state index in [-0.39, 0.29) is 11.3 Å². The lowest BCUT2D eigenvalue weighted by molar-refractivity contribution is 0.0176. The Bertz CT molecular complexity index is 1330. The van der Waals surface area contributed by atoms with Crippen molar-refractivity contribution >= 4 is 28.2 Å². The van der Waals surface area contributed by atoms with Crippen LogP contribution in [0.3, 0.4) is 0 Å². The van der Waals surface area contributed by atoms with Crippen LogP contribution in [0.5, 0.6) is 5.75 Å². The monoisotopic (exact) mass is 477 g/mol. The summed E-state index contributed by atoms with van der Waals surface area (Å²) in [7, 11) is 0. The number of rotatable bonds is 6. The fourth-order valence-corrected chi connectivity index (χ4v) is 3.88. The molecule has 0 spiro atoms. The van der Waals surface area contributed by atoms with Gasteiger partial charge in [-0.15, -0.1) is 0 Å². The summed E-state index contributed by atoms with van der Waals surface area (Å²) in [6, 6.07) is 17.8. The molecule has 0 aliphatic heterocycles. The molecule has 4 aromatic rings. The molecule has 2 N–H and O–H groups in total. The third-order valence-electron chi connectivity index (χ3n) is 5.81. The van der Waals surface area contributed by atoms with Crippen molar-refractivity contribution in [3.05, 3.63) is 89.0 Å². The molecule has 0 atom stereocenters. The Balaban J connectivity index is 0.00000167. The first-order valence-electron chi connectivity index (χ1n) is 11.8. The van der Waals surface area contributed by atoms with Gasteiger partial charge in [-0.3, -0.25) is 0 Å². The van der Waals surface area contributed by atoms with Gasteiger partial charge in [-0.1, -0.05) is 49.8 Å². The van der Waals surface area contributed by atoms with Crippen molar-refractivity contribution in [1.82, 2.24) is 9.55 Å². The molecule has 0 aliphatic rings. The van der Waals surface area contributed by atoms with E-state index in [9.17, 15) is 13.9 Å². The molecule has 1 aromatic heterocycles. The minimum absolute atomic E-state index is 0.0726. The summed E-state index contributed by atoms with van der Waals surface area (Å²) < 4.78 is 29.9. The minimum Gasteiger partial charge on any atom is -0.508 e. The number of halogens is 2. The van der Waals surface area contributed by atoms with E-state index < -0.39 is 5.92 Å². The molecule has 4 rings (SSSR count). The summed E-state index contributed by atoms with van der Waals surface area (Å²) in [6.07, 6.45) is 2.00. The van der Waals surface area contributed by atoms with E-state index in [0.29, 0.717) is 18.0 Å². The van der Waals surface area contributed by atoms with Gasteiger partial charge in [0.2, 0.25) is 5.95 Å². The Morgan fingerprint density at radius 1 is 1.03 bits per heavy atom. The fraction of sp³-hybridized carbons (Fsp3) is 0.276. The van der Waals surface area contributed by atoms with Crippen LogP contribution in [-0.2, 0) is 12.5 Å². The van der Waals surface area contributed by atoms with Crippen molar-refractivity contribution in [2.75, 3.05) is 5.32 Å². The minimum atomic E-state index is -2.95. The van der Waals surface area contributed by atoms with Gasteiger partial charge in [-0.25, -0.2) is 13.8 Å². The maximum absolute atomic E-state index is 14.0. The number of imidazole rings is 1. The second-order valence-corrected chi connectivity index (χ2v) is 8.42. The predicted octanol–water partition coefficient (Wildman–Crippen LogP) is 8.34. The molecule has 0 radical (unpaired) electrons. The van der Waals surface area contributed by atoms with Crippen molar-refractivity contribution in [2.45, 2.75) is 54.0 Å². The number of nitrogens with zero attached hydrogens (tertiary/aromatic N) is 2. The Morgan fingerprint density at radius 2 is 1.71 bits per heavy atom. The molecule has 0 bridgehead atoms. The number of phenolic OH excluding ortho intramolecular Hbond substituents is 1. The number of aryl methyl sites for hydroxylation is 2. The number of alkyl halides is 2. The standard InChI is InChI=1S/C27H27F2N3O.C2H6/c1-5-19(23-15-22(33)12-8-18(23)3)16-32-25-13-9-20(27(4,28)29)14-24(25)31-26(32)30-21-10-6-17(2)7-11-21;1-2/h5-15,33H,16H2,1-4H3,(H,30,31);1-2H3/b19-5-;. The van der Waals surface area contributed by atoms with E-state index in [2.05, 4.69) is 10.3 Å². The first kappa shape index (κ1) is 25.9. The maximum Gasteiger partial charge on any atom is 0.270 e. The van der Waals surface area contributed by atoms with E-state index in [1.807, 2.05) is 75.6 Å². The van der Waals surface area contributed by atoms with E-state index in [1.165, 1.54) is 12.1 Å². The van der Waals surface area contributed by atoms with E-state index in [1.54, 1.807) is 18.2 Å². The van der Waals surface area contributed by atoms with Crippen LogP contribution in [0, 0.1) is 13.8 Å². The maximum atomic E-state index is 14.0. The SMILES string of the molecule is C/C=C(/Cn1c(Nc2ccc(C)cc2)nc2cc(C(C)(F)F)ccc21)c1cc(O)ccc1C.CC. The quantitative estimate of drug-likeness (QED) is 0.293. The van der Waals surface area contributed by atoms with Crippen molar-refractivity contribution < 1.29 is 13.9 Å². The highest BCUT2D eigenvalue weighted by Gasteiger charge is 2.25. The average Bonchev–Trinajstić information content (AvgIpc) is 3.17. The Morgan fingerprint density at radius 3 is 2.34 bits per heavy atom. The first-order chi connectivity index (χ1) is 16.7. The Hall–Kier alpha value is -3.67. The Kier molecular flexibility index (Phi) is 7.95. The van der Waals surface area contributed by atoms with Crippen LogP contribution in [0.2, 0.25) is 0 Å². The zero-order valence-corrected chi connectivity index (χ0v) is 21.2. The highest BCUT2D eigenvalue weighted by atomic mass is 19.3. The van der Waals surface area contributed by atoms with Crippen LogP contribution < -0.4 is 5.32 Å².